The highest BCUT2D eigenvalue weighted by Crippen LogP contribution is 2.23. The van der Waals surface area contributed by atoms with Crippen LogP contribution in [0.1, 0.15) is 33.0 Å². The summed E-state index contributed by atoms with van der Waals surface area (Å²) in [6.45, 7) is 6.85. The Morgan fingerprint density at radius 3 is 2.69 bits per heavy atom. The lowest BCUT2D eigenvalue weighted by Gasteiger charge is -2.24. The number of nitrogens with zero attached hydrogens (tertiary/aromatic N) is 3. The third-order valence-electron chi connectivity index (χ3n) is 4.24. The molecule has 0 unspecified atom stereocenters. The topological polar surface area (TPSA) is 80.2 Å². The molecule has 2 heterocycles. The van der Waals surface area contributed by atoms with Crippen LogP contribution in [0.4, 0.5) is 4.79 Å². The molecule has 0 bridgehead atoms. The van der Waals surface area contributed by atoms with E-state index < -0.39 is 5.60 Å². The van der Waals surface area contributed by atoms with E-state index in [2.05, 4.69) is 26.1 Å². The lowest BCUT2D eigenvalue weighted by atomic mass is 10.0. The maximum Gasteiger partial charge on any atom is 0.410 e. The van der Waals surface area contributed by atoms with Crippen LogP contribution in [0.15, 0.2) is 33.5 Å². The number of benzene rings is 1. The highest BCUT2D eigenvalue weighted by atomic mass is 79.9. The highest BCUT2D eigenvalue weighted by molar-refractivity contribution is 9.10. The third kappa shape index (κ3) is 4.35. The van der Waals surface area contributed by atoms with Crippen LogP contribution in [0.25, 0.3) is 5.69 Å². The summed E-state index contributed by atoms with van der Waals surface area (Å²) >= 11 is 3.40. The Balaban J connectivity index is 1.70. The molecule has 7 nitrogen and oxygen atoms in total. The molecule has 1 aliphatic rings. The SMILES string of the molecule is CC(C)(C)OC(=O)N1CC[C@@H](Cc2n[nH]c(=O)n2-c2ccc(Br)cc2)C1. The fraction of sp³-hybridized carbons (Fsp3) is 0.500. The first-order valence-corrected chi connectivity index (χ1v) is 9.42. The largest absolute Gasteiger partial charge is 0.444 e. The van der Waals surface area contributed by atoms with Gasteiger partial charge in [-0.1, -0.05) is 15.9 Å². The summed E-state index contributed by atoms with van der Waals surface area (Å²) in [6.07, 6.45) is 1.20. The van der Waals surface area contributed by atoms with Gasteiger partial charge in [0.25, 0.3) is 0 Å². The average Bonchev–Trinajstić information content (AvgIpc) is 3.15. The van der Waals surface area contributed by atoms with Crippen LogP contribution < -0.4 is 5.69 Å². The molecule has 1 saturated heterocycles. The second-order valence-electron chi connectivity index (χ2n) is 7.54. The number of halogens is 1. The van der Waals surface area contributed by atoms with E-state index in [0.29, 0.717) is 25.3 Å². The maximum atomic E-state index is 12.2. The van der Waals surface area contributed by atoms with Crippen molar-refractivity contribution in [3.05, 3.63) is 45.0 Å². The number of H-pyrrole nitrogens is 1. The molecule has 0 radical (unpaired) electrons. The first-order chi connectivity index (χ1) is 12.2. The van der Waals surface area contributed by atoms with Crippen molar-refractivity contribution in [2.24, 2.45) is 5.92 Å². The van der Waals surface area contributed by atoms with Gasteiger partial charge in [0, 0.05) is 24.0 Å². The Morgan fingerprint density at radius 2 is 2.04 bits per heavy atom. The van der Waals surface area contributed by atoms with Crippen LogP contribution in [0, 0.1) is 5.92 Å². The second kappa shape index (κ2) is 7.26. The zero-order chi connectivity index (χ0) is 18.9. The first-order valence-electron chi connectivity index (χ1n) is 8.63. The van der Waals surface area contributed by atoms with E-state index in [1.807, 2.05) is 45.0 Å². The number of rotatable bonds is 3. The second-order valence-corrected chi connectivity index (χ2v) is 8.46. The summed E-state index contributed by atoms with van der Waals surface area (Å²) in [6, 6.07) is 7.51. The van der Waals surface area contributed by atoms with Gasteiger partial charge in [0.05, 0.1) is 5.69 Å². The first kappa shape index (κ1) is 18.7. The van der Waals surface area contributed by atoms with Crippen LogP contribution in [0.3, 0.4) is 0 Å². The van der Waals surface area contributed by atoms with Gasteiger partial charge in [0.1, 0.15) is 11.4 Å². The van der Waals surface area contributed by atoms with Gasteiger partial charge in [-0.3, -0.25) is 0 Å². The number of amides is 1. The fourth-order valence-electron chi connectivity index (χ4n) is 3.07. The van der Waals surface area contributed by atoms with Crippen molar-refractivity contribution < 1.29 is 9.53 Å². The highest BCUT2D eigenvalue weighted by Gasteiger charge is 2.30. The molecule has 0 aliphatic carbocycles. The van der Waals surface area contributed by atoms with E-state index >= 15 is 0 Å². The van der Waals surface area contributed by atoms with Crippen molar-refractivity contribution in [2.45, 2.75) is 39.2 Å². The Bertz CT molecular complexity index is 835. The molecule has 1 aromatic carbocycles. The van der Waals surface area contributed by atoms with Crippen molar-refractivity contribution >= 4 is 22.0 Å². The summed E-state index contributed by atoms with van der Waals surface area (Å²) in [5, 5.41) is 6.72. The van der Waals surface area contributed by atoms with Crippen LogP contribution >= 0.6 is 15.9 Å². The summed E-state index contributed by atoms with van der Waals surface area (Å²) in [7, 11) is 0. The molecule has 26 heavy (non-hydrogen) atoms. The molecule has 1 N–H and O–H groups in total. The van der Waals surface area contributed by atoms with Crippen molar-refractivity contribution in [2.75, 3.05) is 13.1 Å². The summed E-state index contributed by atoms with van der Waals surface area (Å²) in [5.41, 5.74) is 0.00708. The van der Waals surface area contributed by atoms with Gasteiger partial charge >= 0.3 is 11.8 Å². The Kier molecular flexibility index (Phi) is 5.22. The molecule has 1 aliphatic heterocycles. The zero-order valence-corrected chi connectivity index (χ0v) is 16.7. The Labute approximate surface area is 160 Å². The molecule has 3 rings (SSSR count). The van der Waals surface area contributed by atoms with E-state index in [0.717, 1.165) is 16.6 Å². The van der Waals surface area contributed by atoms with E-state index in [4.69, 9.17) is 4.74 Å². The van der Waals surface area contributed by atoms with Crippen LogP contribution in [0.5, 0.6) is 0 Å². The van der Waals surface area contributed by atoms with Gasteiger partial charge in [-0.15, -0.1) is 0 Å². The fourth-order valence-corrected chi connectivity index (χ4v) is 3.34. The van der Waals surface area contributed by atoms with Gasteiger partial charge in [-0.25, -0.2) is 19.3 Å². The monoisotopic (exact) mass is 422 g/mol. The summed E-state index contributed by atoms with van der Waals surface area (Å²) < 4.78 is 7.97. The maximum absolute atomic E-state index is 12.2. The molecule has 8 heteroatoms. The number of hydrogen-bond acceptors (Lipinski definition) is 4. The van der Waals surface area contributed by atoms with Crippen LogP contribution in [0.2, 0.25) is 0 Å². The molecule has 2 aromatic rings. The minimum atomic E-state index is -0.501. The van der Waals surface area contributed by atoms with Gasteiger partial charge in [0.15, 0.2) is 0 Å². The van der Waals surface area contributed by atoms with Crippen molar-refractivity contribution in [1.29, 1.82) is 0 Å². The smallest absolute Gasteiger partial charge is 0.410 e. The van der Waals surface area contributed by atoms with Gasteiger partial charge in [-0.2, -0.15) is 5.10 Å². The molecule has 0 spiro atoms. The van der Waals surface area contributed by atoms with E-state index in [1.54, 1.807) is 9.47 Å². The number of likely N-dealkylation sites (tertiary alicyclic amines) is 1. The van der Waals surface area contributed by atoms with Gasteiger partial charge in [-0.05, 0) is 57.4 Å². The van der Waals surface area contributed by atoms with E-state index in [1.165, 1.54) is 0 Å². The standard InChI is InChI=1S/C18H23BrN4O3/c1-18(2,3)26-17(25)22-9-8-12(11-22)10-15-20-21-16(24)23(15)14-6-4-13(19)5-7-14/h4-7,12H,8-11H2,1-3H3,(H,21,24)/t12-/m0/s1. The summed E-state index contributed by atoms with van der Waals surface area (Å²) in [5.74, 6) is 0.917. The molecule has 1 amide bonds. The zero-order valence-electron chi connectivity index (χ0n) is 15.2. The van der Waals surface area contributed by atoms with Crippen LogP contribution in [-0.4, -0.2) is 44.4 Å². The predicted molar refractivity (Wildman–Crippen MR) is 102 cm³/mol. The molecule has 1 aromatic heterocycles. The normalized spacial score (nSPS) is 17.5. The molecular weight excluding hydrogens is 400 g/mol. The quantitative estimate of drug-likeness (QED) is 0.823. The average molecular weight is 423 g/mol. The predicted octanol–water partition coefficient (Wildman–Crippen LogP) is 3.12. The third-order valence-corrected chi connectivity index (χ3v) is 4.76. The van der Waals surface area contributed by atoms with Crippen LogP contribution in [-0.2, 0) is 11.2 Å². The van der Waals surface area contributed by atoms with E-state index in [-0.39, 0.29) is 17.7 Å². The molecule has 1 fully saturated rings. The number of carbonyl (C=O) groups excluding carboxylic acids is 1. The number of nitrogens with one attached hydrogen (secondary N) is 1. The lowest BCUT2D eigenvalue weighted by Crippen LogP contribution is -2.35. The van der Waals surface area contributed by atoms with Gasteiger partial charge in [0.2, 0.25) is 0 Å². The Hall–Kier alpha value is -2.09. The van der Waals surface area contributed by atoms with Gasteiger partial charge < -0.3 is 9.64 Å². The molecule has 140 valence electrons. The number of carbonyl (C=O) groups is 1. The van der Waals surface area contributed by atoms with E-state index in [9.17, 15) is 9.59 Å². The minimum absolute atomic E-state index is 0.243. The molecule has 1 atom stereocenters. The molecule has 0 saturated carbocycles. The summed E-state index contributed by atoms with van der Waals surface area (Å²) in [4.78, 5) is 26.1. The Morgan fingerprint density at radius 1 is 1.35 bits per heavy atom. The van der Waals surface area contributed by atoms with Crippen molar-refractivity contribution in [3.63, 3.8) is 0 Å². The minimum Gasteiger partial charge on any atom is -0.444 e. The van der Waals surface area contributed by atoms with Crippen molar-refractivity contribution in [3.8, 4) is 5.69 Å². The number of ether oxygens (including phenoxy) is 1. The number of aromatic nitrogens is 3. The molecular formula is C18H23BrN4O3. The van der Waals surface area contributed by atoms with Crippen molar-refractivity contribution in [1.82, 2.24) is 19.7 Å². The lowest BCUT2D eigenvalue weighted by molar-refractivity contribution is 0.0288. The number of hydrogen-bond donors (Lipinski definition) is 1. The number of aromatic amines is 1.